The minimum absolute atomic E-state index is 0.371. The molecule has 0 fully saturated rings. The maximum atomic E-state index is 11.4. The van der Waals surface area contributed by atoms with Gasteiger partial charge in [-0.3, -0.25) is 9.59 Å². The zero-order valence-corrected chi connectivity index (χ0v) is 8.79. The summed E-state index contributed by atoms with van der Waals surface area (Å²) >= 11 is 0. The average Bonchev–Trinajstić information content (AvgIpc) is 2.82. The molecule has 0 spiro atoms. The molecule has 0 unspecified atom stereocenters. The molecule has 1 aromatic heterocycles. The number of benzene rings is 1. The zero-order valence-electron chi connectivity index (χ0n) is 8.79. The fraction of sp³-hybridized carbons (Fsp3) is 0.0833. The molecule has 0 amide bonds. The topological polar surface area (TPSA) is 80.4 Å². The van der Waals surface area contributed by atoms with Gasteiger partial charge in [0.15, 0.2) is 17.9 Å². The van der Waals surface area contributed by atoms with Crippen molar-refractivity contribution in [3.63, 3.8) is 0 Å². The molecule has 1 N–H and O–H groups in total. The van der Waals surface area contributed by atoms with Crippen LogP contribution in [0.1, 0.15) is 16.8 Å². The number of Topliss-reactive ketones (excluding diaryl/α,β-unsaturated/α-hetero) is 1. The fourth-order valence-electron chi connectivity index (χ4n) is 1.42. The summed E-state index contributed by atoms with van der Waals surface area (Å²) < 4.78 is 5.09. The van der Waals surface area contributed by atoms with E-state index in [-0.39, 0.29) is 0 Å². The average molecular weight is 231 g/mol. The van der Waals surface area contributed by atoms with Crippen LogP contribution < -0.4 is 0 Å². The van der Waals surface area contributed by atoms with Crippen LogP contribution in [0.5, 0.6) is 0 Å². The number of carboxylic acid groups (broad SMARTS) is 1. The minimum Gasteiger partial charge on any atom is -0.481 e. The van der Waals surface area contributed by atoms with Crippen LogP contribution in [0.4, 0.5) is 0 Å². The van der Waals surface area contributed by atoms with Gasteiger partial charge in [0, 0.05) is 11.1 Å². The van der Waals surface area contributed by atoms with Gasteiger partial charge in [-0.1, -0.05) is 24.3 Å². The summed E-state index contributed by atoms with van der Waals surface area (Å²) in [5.74, 6) is -0.946. The third-order valence-corrected chi connectivity index (χ3v) is 2.24. The molecule has 0 saturated heterocycles. The molecule has 0 aliphatic rings. The Labute approximate surface area is 96.7 Å². The largest absolute Gasteiger partial charge is 0.481 e. The second kappa shape index (κ2) is 4.61. The van der Waals surface area contributed by atoms with Crippen molar-refractivity contribution < 1.29 is 19.1 Å². The maximum absolute atomic E-state index is 11.4. The number of hydrogen-bond acceptors (Lipinski definition) is 4. The molecule has 0 bridgehead atoms. The van der Waals surface area contributed by atoms with E-state index in [0.717, 1.165) is 5.56 Å². The maximum Gasteiger partial charge on any atom is 0.311 e. The standard InChI is InChI=1S/C12H9NO4/c14-10(5-12(15)16)8-1-3-9(4-2-8)11-6-13-7-17-11/h1-4,6-7H,5H2,(H,15,16). The second-order valence-corrected chi connectivity index (χ2v) is 3.44. The van der Waals surface area contributed by atoms with E-state index in [4.69, 9.17) is 9.52 Å². The first-order chi connectivity index (χ1) is 8.16. The third-order valence-electron chi connectivity index (χ3n) is 2.24. The number of nitrogens with zero attached hydrogens (tertiary/aromatic N) is 1. The Bertz CT molecular complexity index is 528. The number of carbonyl (C=O) groups is 2. The van der Waals surface area contributed by atoms with Crippen molar-refractivity contribution in [2.45, 2.75) is 6.42 Å². The number of aromatic nitrogens is 1. The van der Waals surface area contributed by atoms with Crippen molar-refractivity contribution in [3.8, 4) is 11.3 Å². The van der Waals surface area contributed by atoms with Crippen molar-refractivity contribution in [2.24, 2.45) is 0 Å². The Morgan fingerprint density at radius 1 is 1.24 bits per heavy atom. The summed E-state index contributed by atoms with van der Waals surface area (Å²) in [6, 6.07) is 6.53. The number of oxazole rings is 1. The minimum atomic E-state index is -1.13. The van der Waals surface area contributed by atoms with Crippen LogP contribution in [0, 0.1) is 0 Å². The van der Waals surface area contributed by atoms with Gasteiger partial charge in [-0.15, -0.1) is 0 Å². The summed E-state index contributed by atoms with van der Waals surface area (Å²) in [7, 11) is 0. The number of rotatable bonds is 4. The van der Waals surface area contributed by atoms with Gasteiger partial charge in [-0.05, 0) is 0 Å². The molecule has 0 radical (unpaired) electrons. The summed E-state index contributed by atoms with van der Waals surface area (Å²) in [4.78, 5) is 25.6. The van der Waals surface area contributed by atoms with Crippen molar-refractivity contribution >= 4 is 11.8 Å². The summed E-state index contributed by atoms with van der Waals surface area (Å²) in [6.45, 7) is 0. The molecule has 0 aliphatic carbocycles. The van der Waals surface area contributed by atoms with Crippen molar-refractivity contribution in [1.82, 2.24) is 4.98 Å². The molecular formula is C12H9NO4. The highest BCUT2D eigenvalue weighted by atomic mass is 16.4. The van der Waals surface area contributed by atoms with Crippen LogP contribution in [0.3, 0.4) is 0 Å². The first-order valence-electron chi connectivity index (χ1n) is 4.91. The summed E-state index contributed by atoms with van der Waals surface area (Å²) in [6.07, 6.45) is 2.38. The van der Waals surface area contributed by atoms with Gasteiger partial charge in [0.2, 0.25) is 0 Å². The van der Waals surface area contributed by atoms with Gasteiger partial charge in [0.05, 0.1) is 6.20 Å². The monoisotopic (exact) mass is 231 g/mol. The quantitative estimate of drug-likeness (QED) is 0.643. The van der Waals surface area contributed by atoms with Gasteiger partial charge in [-0.25, -0.2) is 4.98 Å². The Morgan fingerprint density at radius 3 is 2.47 bits per heavy atom. The molecule has 0 aliphatic heterocycles. The molecular weight excluding hydrogens is 222 g/mol. The Kier molecular flexibility index (Phi) is 3.00. The van der Waals surface area contributed by atoms with E-state index in [2.05, 4.69) is 4.98 Å². The number of ketones is 1. The number of hydrogen-bond donors (Lipinski definition) is 1. The van der Waals surface area contributed by atoms with Gasteiger partial charge in [0.1, 0.15) is 6.42 Å². The predicted molar refractivity (Wildman–Crippen MR) is 58.5 cm³/mol. The molecule has 5 nitrogen and oxygen atoms in total. The lowest BCUT2D eigenvalue weighted by Crippen LogP contribution is -2.06. The van der Waals surface area contributed by atoms with Crippen molar-refractivity contribution in [2.75, 3.05) is 0 Å². The van der Waals surface area contributed by atoms with E-state index >= 15 is 0 Å². The highest BCUT2D eigenvalue weighted by molar-refractivity contribution is 6.05. The lowest BCUT2D eigenvalue weighted by molar-refractivity contribution is -0.135. The van der Waals surface area contributed by atoms with E-state index < -0.39 is 18.2 Å². The van der Waals surface area contributed by atoms with Crippen LogP contribution in [0.25, 0.3) is 11.3 Å². The SMILES string of the molecule is O=C(O)CC(=O)c1ccc(-c2cnco2)cc1. The van der Waals surface area contributed by atoms with Crippen LogP contribution in [-0.2, 0) is 4.79 Å². The molecule has 0 atom stereocenters. The lowest BCUT2D eigenvalue weighted by atomic mass is 10.1. The van der Waals surface area contributed by atoms with Gasteiger partial charge < -0.3 is 9.52 Å². The molecule has 2 rings (SSSR count). The van der Waals surface area contributed by atoms with Crippen LogP contribution in [0.15, 0.2) is 41.3 Å². The fourth-order valence-corrected chi connectivity index (χ4v) is 1.42. The van der Waals surface area contributed by atoms with Crippen molar-refractivity contribution in [3.05, 3.63) is 42.4 Å². The molecule has 1 aromatic carbocycles. The van der Waals surface area contributed by atoms with E-state index in [1.54, 1.807) is 30.5 Å². The van der Waals surface area contributed by atoms with Gasteiger partial charge >= 0.3 is 5.97 Å². The smallest absolute Gasteiger partial charge is 0.311 e. The highest BCUT2D eigenvalue weighted by Crippen LogP contribution is 2.19. The number of carboxylic acids is 1. The zero-order chi connectivity index (χ0) is 12.3. The number of aliphatic carboxylic acids is 1. The van der Waals surface area contributed by atoms with Crippen LogP contribution in [-0.4, -0.2) is 21.8 Å². The van der Waals surface area contributed by atoms with Gasteiger partial charge in [-0.2, -0.15) is 0 Å². The Morgan fingerprint density at radius 2 is 1.94 bits per heavy atom. The normalized spacial score (nSPS) is 10.1. The second-order valence-electron chi connectivity index (χ2n) is 3.44. The van der Waals surface area contributed by atoms with Gasteiger partial charge in [0.25, 0.3) is 0 Å². The van der Waals surface area contributed by atoms with E-state index in [9.17, 15) is 9.59 Å². The first-order valence-corrected chi connectivity index (χ1v) is 4.91. The molecule has 17 heavy (non-hydrogen) atoms. The van der Waals surface area contributed by atoms with E-state index in [1.807, 2.05) is 0 Å². The predicted octanol–water partition coefficient (Wildman–Crippen LogP) is 2.00. The summed E-state index contributed by atoms with van der Waals surface area (Å²) in [5.41, 5.74) is 1.16. The van der Waals surface area contributed by atoms with E-state index in [0.29, 0.717) is 11.3 Å². The molecule has 0 saturated carbocycles. The molecule has 86 valence electrons. The third kappa shape index (κ3) is 2.57. The number of carbonyl (C=O) groups excluding carboxylic acids is 1. The Hall–Kier alpha value is -2.43. The highest BCUT2D eigenvalue weighted by Gasteiger charge is 2.10. The Balaban J connectivity index is 2.19. The first kappa shape index (κ1) is 11.1. The molecule has 1 heterocycles. The molecule has 2 aromatic rings. The van der Waals surface area contributed by atoms with E-state index in [1.165, 1.54) is 6.39 Å². The summed E-state index contributed by atoms with van der Waals surface area (Å²) in [5, 5.41) is 8.51. The van der Waals surface area contributed by atoms with Crippen molar-refractivity contribution in [1.29, 1.82) is 0 Å². The van der Waals surface area contributed by atoms with Crippen LogP contribution >= 0.6 is 0 Å². The molecule has 5 heteroatoms. The lowest BCUT2D eigenvalue weighted by Gasteiger charge is -1.99. The van der Waals surface area contributed by atoms with Crippen LogP contribution in [0.2, 0.25) is 0 Å².